The highest BCUT2D eigenvalue weighted by molar-refractivity contribution is 5.93. The molecule has 0 aliphatic rings. The summed E-state index contributed by atoms with van der Waals surface area (Å²) in [6.07, 6.45) is -3.98. The van der Waals surface area contributed by atoms with Crippen molar-refractivity contribution < 1.29 is 18.0 Å². The molecule has 8 heteroatoms. The minimum Gasteiger partial charge on any atom is -0.346 e. The Kier molecular flexibility index (Phi) is 5.63. The van der Waals surface area contributed by atoms with Crippen LogP contribution in [0.15, 0.2) is 36.4 Å². The van der Waals surface area contributed by atoms with Crippen LogP contribution >= 0.6 is 0 Å². The SMILES string of the molecule is Cc1ccc(-c2cc(C(F)(F)F)n3nc(C(=O)NC(C)(C)CC(C)(C)C)cc3n2)cc1. The summed E-state index contributed by atoms with van der Waals surface area (Å²) in [7, 11) is 0. The predicted octanol–water partition coefficient (Wildman–Crippen LogP) is 5.67. The molecule has 0 radical (unpaired) electrons. The molecule has 0 saturated heterocycles. The van der Waals surface area contributed by atoms with Gasteiger partial charge in [-0.1, -0.05) is 50.6 Å². The smallest absolute Gasteiger partial charge is 0.346 e. The van der Waals surface area contributed by atoms with E-state index in [4.69, 9.17) is 0 Å². The van der Waals surface area contributed by atoms with Crippen LogP contribution in [0.25, 0.3) is 16.9 Å². The van der Waals surface area contributed by atoms with Gasteiger partial charge in [0.15, 0.2) is 17.0 Å². The largest absolute Gasteiger partial charge is 0.433 e. The van der Waals surface area contributed by atoms with Crippen LogP contribution in [0.1, 0.15) is 62.8 Å². The maximum Gasteiger partial charge on any atom is 0.433 e. The fraction of sp³-hybridized carbons (Fsp3) is 0.435. The Labute approximate surface area is 179 Å². The number of aromatic nitrogens is 3. The molecule has 0 aliphatic carbocycles. The first-order valence-corrected chi connectivity index (χ1v) is 10.0. The summed E-state index contributed by atoms with van der Waals surface area (Å²) < 4.78 is 42.0. The van der Waals surface area contributed by atoms with Crippen molar-refractivity contribution in [1.82, 2.24) is 19.9 Å². The summed E-state index contributed by atoms with van der Waals surface area (Å²) in [4.78, 5) is 17.1. The number of nitrogens with one attached hydrogen (secondary N) is 1. The molecule has 0 aliphatic heterocycles. The third-order valence-corrected chi connectivity index (χ3v) is 4.72. The summed E-state index contributed by atoms with van der Waals surface area (Å²) in [5.41, 5.74) is -0.0209. The van der Waals surface area contributed by atoms with Gasteiger partial charge in [0.25, 0.3) is 5.91 Å². The lowest BCUT2D eigenvalue weighted by molar-refractivity contribution is -0.142. The first-order valence-electron chi connectivity index (χ1n) is 10.0. The Morgan fingerprint density at radius 3 is 2.19 bits per heavy atom. The van der Waals surface area contributed by atoms with Crippen molar-refractivity contribution in [1.29, 1.82) is 0 Å². The maximum atomic E-state index is 13.8. The molecule has 3 rings (SSSR count). The van der Waals surface area contributed by atoms with Crippen LogP contribution in [-0.4, -0.2) is 26.0 Å². The van der Waals surface area contributed by atoms with Gasteiger partial charge < -0.3 is 5.32 Å². The molecule has 0 atom stereocenters. The normalized spacial score (nSPS) is 12.9. The third-order valence-electron chi connectivity index (χ3n) is 4.72. The molecule has 5 nitrogen and oxygen atoms in total. The number of nitrogens with zero attached hydrogens (tertiary/aromatic N) is 3. The van der Waals surface area contributed by atoms with Crippen LogP contribution in [0.3, 0.4) is 0 Å². The van der Waals surface area contributed by atoms with Crippen molar-refractivity contribution in [2.75, 3.05) is 0 Å². The molecule has 1 amide bonds. The summed E-state index contributed by atoms with van der Waals surface area (Å²) in [5.74, 6) is -0.537. The van der Waals surface area contributed by atoms with E-state index < -0.39 is 23.3 Å². The number of carbonyl (C=O) groups excluding carboxylic acids is 1. The Morgan fingerprint density at radius 2 is 1.65 bits per heavy atom. The van der Waals surface area contributed by atoms with Crippen LogP contribution in [0.4, 0.5) is 13.2 Å². The molecule has 0 spiro atoms. The van der Waals surface area contributed by atoms with Gasteiger partial charge in [-0.15, -0.1) is 0 Å². The number of amides is 1. The van der Waals surface area contributed by atoms with Gasteiger partial charge in [0.1, 0.15) is 0 Å². The quantitative estimate of drug-likeness (QED) is 0.578. The molecule has 2 aromatic heterocycles. The molecule has 166 valence electrons. The minimum atomic E-state index is -4.66. The fourth-order valence-corrected chi connectivity index (χ4v) is 3.90. The second kappa shape index (κ2) is 7.66. The van der Waals surface area contributed by atoms with Gasteiger partial charge in [-0.2, -0.15) is 18.3 Å². The van der Waals surface area contributed by atoms with Gasteiger partial charge >= 0.3 is 6.18 Å². The van der Waals surface area contributed by atoms with Crippen molar-refractivity contribution in [2.45, 2.75) is 59.7 Å². The number of hydrogen-bond acceptors (Lipinski definition) is 3. The number of halogens is 3. The lowest BCUT2D eigenvalue weighted by Gasteiger charge is -2.33. The van der Waals surface area contributed by atoms with Gasteiger partial charge in [0.05, 0.1) is 5.69 Å². The Balaban J connectivity index is 2.04. The number of carbonyl (C=O) groups is 1. The van der Waals surface area contributed by atoms with E-state index in [1.165, 1.54) is 6.07 Å². The van der Waals surface area contributed by atoms with E-state index >= 15 is 0 Å². The van der Waals surface area contributed by atoms with Gasteiger partial charge in [-0.3, -0.25) is 4.79 Å². The van der Waals surface area contributed by atoms with E-state index in [1.54, 1.807) is 24.3 Å². The first-order chi connectivity index (χ1) is 14.1. The topological polar surface area (TPSA) is 59.3 Å². The first kappa shape index (κ1) is 22.8. The van der Waals surface area contributed by atoms with Crippen molar-refractivity contribution in [2.24, 2.45) is 5.41 Å². The number of alkyl halides is 3. The molecule has 0 bridgehead atoms. The Morgan fingerprint density at radius 1 is 1.03 bits per heavy atom. The molecule has 2 heterocycles. The number of rotatable bonds is 4. The third kappa shape index (κ3) is 5.42. The number of aryl methyl sites for hydroxylation is 1. The molecule has 3 aromatic rings. The lowest BCUT2D eigenvalue weighted by Crippen LogP contribution is -2.46. The summed E-state index contributed by atoms with van der Waals surface area (Å²) >= 11 is 0. The molecule has 0 unspecified atom stereocenters. The van der Waals surface area contributed by atoms with E-state index in [0.29, 0.717) is 16.5 Å². The Bertz CT molecular complexity index is 1110. The average Bonchev–Trinajstić information content (AvgIpc) is 3.02. The van der Waals surface area contributed by atoms with Gasteiger partial charge in [-0.25, -0.2) is 9.50 Å². The van der Waals surface area contributed by atoms with Gasteiger partial charge in [-0.05, 0) is 38.7 Å². The van der Waals surface area contributed by atoms with Crippen LogP contribution in [0.2, 0.25) is 0 Å². The van der Waals surface area contributed by atoms with E-state index in [9.17, 15) is 18.0 Å². The van der Waals surface area contributed by atoms with Gasteiger partial charge in [0.2, 0.25) is 0 Å². The highest BCUT2D eigenvalue weighted by atomic mass is 19.4. The van der Waals surface area contributed by atoms with E-state index in [1.807, 2.05) is 20.8 Å². The highest BCUT2D eigenvalue weighted by Crippen LogP contribution is 2.32. The Hall–Kier alpha value is -2.90. The van der Waals surface area contributed by atoms with Crippen LogP contribution in [-0.2, 0) is 6.18 Å². The van der Waals surface area contributed by atoms with Gasteiger partial charge in [0, 0.05) is 17.2 Å². The maximum absolute atomic E-state index is 13.8. The van der Waals surface area contributed by atoms with Crippen LogP contribution < -0.4 is 5.32 Å². The summed E-state index contributed by atoms with van der Waals surface area (Å²) in [6.45, 7) is 11.8. The van der Waals surface area contributed by atoms with E-state index in [0.717, 1.165) is 11.6 Å². The molecule has 1 aromatic carbocycles. The van der Waals surface area contributed by atoms with E-state index in [-0.39, 0.29) is 22.5 Å². The number of hydrogen-bond donors (Lipinski definition) is 1. The predicted molar refractivity (Wildman–Crippen MR) is 114 cm³/mol. The summed E-state index contributed by atoms with van der Waals surface area (Å²) in [5, 5.41) is 6.81. The molecular formula is C23H27F3N4O. The summed E-state index contributed by atoms with van der Waals surface area (Å²) in [6, 6.07) is 9.29. The van der Waals surface area contributed by atoms with Crippen molar-refractivity contribution >= 4 is 11.6 Å². The zero-order chi connectivity index (χ0) is 23.2. The fourth-order valence-electron chi connectivity index (χ4n) is 3.90. The highest BCUT2D eigenvalue weighted by Gasteiger charge is 2.36. The van der Waals surface area contributed by atoms with Crippen LogP contribution in [0, 0.1) is 12.3 Å². The average molecular weight is 432 g/mol. The van der Waals surface area contributed by atoms with Crippen molar-refractivity contribution in [3.63, 3.8) is 0 Å². The monoisotopic (exact) mass is 432 g/mol. The van der Waals surface area contributed by atoms with E-state index in [2.05, 4.69) is 36.2 Å². The molecular weight excluding hydrogens is 405 g/mol. The molecule has 1 N–H and O–H groups in total. The molecule has 31 heavy (non-hydrogen) atoms. The molecule has 0 saturated carbocycles. The zero-order valence-electron chi connectivity index (χ0n) is 18.6. The number of fused-ring (bicyclic) bond motifs is 1. The number of benzene rings is 1. The zero-order valence-corrected chi connectivity index (χ0v) is 18.6. The van der Waals surface area contributed by atoms with Crippen LogP contribution in [0.5, 0.6) is 0 Å². The second-order valence-electron chi connectivity index (χ2n) is 9.77. The van der Waals surface area contributed by atoms with Crippen molar-refractivity contribution in [3.8, 4) is 11.3 Å². The lowest BCUT2D eigenvalue weighted by atomic mass is 9.82. The second-order valence-corrected chi connectivity index (χ2v) is 9.77. The minimum absolute atomic E-state index is 0.0378. The standard InChI is InChI=1S/C23H27F3N4O/c1-14-7-9-15(10-8-14)16-11-18(23(24,25)26)30-19(27-16)12-17(29-30)20(31)28-22(5,6)13-21(2,3)4/h7-12H,13H2,1-6H3,(H,28,31). The molecule has 0 fully saturated rings. The van der Waals surface area contributed by atoms with Crippen molar-refractivity contribution in [3.05, 3.63) is 53.3 Å².